The molecule has 0 saturated carbocycles. The van der Waals surface area contributed by atoms with Crippen LogP contribution in [0.4, 0.5) is 10.8 Å². The fourth-order valence-electron chi connectivity index (χ4n) is 3.06. The van der Waals surface area contributed by atoms with Gasteiger partial charge in [0.25, 0.3) is 11.6 Å². The highest BCUT2D eigenvalue weighted by Crippen LogP contribution is 2.32. The minimum absolute atomic E-state index is 0.0453. The third-order valence-electron chi connectivity index (χ3n) is 4.52. The zero-order valence-electron chi connectivity index (χ0n) is 15.7. The van der Waals surface area contributed by atoms with Crippen LogP contribution in [0.25, 0.3) is 11.3 Å². The minimum atomic E-state index is -0.773. The van der Waals surface area contributed by atoms with Gasteiger partial charge in [-0.25, -0.2) is 9.78 Å². The Morgan fingerprint density at radius 1 is 1.23 bits per heavy atom. The second-order valence-corrected chi connectivity index (χ2v) is 7.29. The van der Waals surface area contributed by atoms with Gasteiger partial charge in [0, 0.05) is 35.1 Å². The van der Waals surface area contributed by atoms with Crippen molar-refractivity contribution >= 4 is 34.0 Å². The van der Waals surface area contributed by atoms with Crippen molar-refractivity contribution in [3.8, 4) is 17.0 Å². The highest BCUT2D eigenvalue weighted by Gasteiger charge is 2.20. The predicted octanol–water partition coefficient (Wildman–Crippen LogP) is 3.69. The Morgan fingerprint density at radius 2 is 2.03 bits per heavy atom. The van der Waals surface area contributed by atoms with E-state index in [0.717, 1.165) is 42.5 Å². The first kappa shape index (κ1) is 19.5. The van der Waals surface area contributed by atoms with Crippen molar-refractivity contribution < 1.29 is 24.0 Å². The predicted molar refractivity (Wildman–Crippen MR) is 109 cm³/mol. The zero-order chi connectivity index (χ0) is 21.3. The van der Waals surface area contributed by atoms with E-state index in [0.29, 0.717) is 17.4 Å². The van der Waals surface area contributed by atoms with Crippen molar-refractivity contribution in [3.05, 3.63) is 68.6 Å². The molecule has 1 aliphatic rings. The number of amides is 1. The van der Waals surface area contributed by atoms with E-state index in [1.54, 1.807) is 5.38 Å². The third-order valence-corrected chi connectivity index (χ3v) is 5.28. The van der Waals surface area contributed by atoms with E-state index in [-0.39, 0.29) is 16.8 Å². The summed E-state index contributed by atoms with van der Waals surface area (Å²) in [5.74, 6) is -0.522. The Kier molecular flexibility index (Phi) is 5.15. The van der Waals surface area contributed by atoms with Crippen LogP contribution in [0.2, 0.25) is 0 Å². The molecule has 9 nitrogen and oxygen atoms in total. The van der Waals surface area contributed by atoms with Gasteiger partial charge < -0.3 is 9.47 Å². The van der Waals surface area contributed by atoms with E-state index in [2.05, 4.69) is 15.0 Å². The molecule has 0 aliphatic carbocycles. The number of ether oxygens (including phenoxy) is 2. The highest BCUT2D eigenvalue weighted by atomic mass is 32.1. The molecule has 1 aliphatic heterocycles. The summed E-state index contributed by atoms with van der Waals surface area (Å²) in [7, 11) is 1.16. The van der Waals surface area contributed by atoms with E-state index in [1.165, 1.54) is 17.4 Å². The molecule has 2 heterocycles. The van der Waals surface area contributed by atoms with Gasteiger partial charge in [-0.2, -0.15) is 0 Å². The van der Waals surface area contributed by atoms with Crippen LogP contribution >= 0.6 is 11.3 Å². The number of thiazole rings is 1. The van der Waals surface area contributed by atoms with Crippen molar-refractivity contribution in [2.24, 2.45) is 0 Å². The van der Waals surface area contributed by atoms with Gasteiger partial charge in [0.2, 0.25) is 0 Å². The van der Waals surface area contributed by atoms with Crippen LogP contribution in [0, 0.1) is 10.1 Å². The first-order valence-corrected chi connectivity index (χ1v) is 9.73. The fraction of sp³-hybridized carbons (Fsp3) is 0.150. The molecule has 10 heteroatoms. The number of nitrogens with one attached hydrogen (secondary N) is 1. The number of rotatable bonds is 5. The third kappa shape index (κ3) is 3.85. The van der Waals surface area contributed by atoms with E-state index in [1.807, 2.05) is 18.2 Å². The summed E-state index contributed by atoms with van der Waals surface area (Å²) in [5.41, 5.74) is 2.19. The van der Waals surface area contributed by atoms with Crippen molar-refractivity contribution in [2.75, 3.05) is 19.0 Å². The van der Waals surface area contributed by atoms with E-state index < -0.39 is 16.8 Å². The van der Waals surface area contributed by atoms with Crippen LogP contribution < -0.4 is 10.1 Å². The van der Waals surface area contributed by atoms with Gasteiger partial charge in [0.15, 0.2) is 5.13 Å². The SMILES string of the molecule is COC(=O)c1cc(C(=O)Nc2nc(-c3ccc4c(c3)CCO4)cs2)cc([N+](=O)[O-])c1. The Hall–Kier alpha value is -3.79. The van der Waals surface area contributed by atoms with Crippen LogP contribution in [0.1, 0.15) is 26.3 Å². The Morgan fingerprint density at radius 3 is 2.80 bits per heavy atom. The lowest BCUT2D eigenvalue weighted by Crippen LogP contribution is -2.13. The number of methoxy groups -OCH3 is 1. The molecule has 4 rings (SSSR count). The van der Waals surface area contributed by atoms with Crippen molar-refractivity contribution in [1.82, 2.24) is 4.98 Å². The maximum absolute atomic E-state index is 12.6. The average Bonchev–Trinajstić information content (AvgIpc) is 3.41. The van der Waals surface area contributed by atoms with Gasteiger partial charge in [-0.15, -0.1) is 11.3 Å². The highest BCUT2D eigenvalue weighted by molar-refractivity contribution is 7.14. The second-order valence-electron chi connectivity index (χ2n) is 6.43. The molecular formula is C20H15N3O6S. The maximum atomic E-state index is 12.6. The molecule has 1 amide bonds. The molecule has 2 aromatic carbocycles. The van der Waals surface area contributed by atoms with Gasteiger partial charge in [0.05, 0.1) is 29.9 Å². The van der Waals surface area contributed by atoms with E-state index in [4.69, 9.17) is 4.74 Å². The molecule has 152 valence electrons. The number of nitro benzene ring substituents is 1. The maximum Gasteiger partial charge on any atom is 0.338 e. The molecule has 0 radical (unpaired) electrons. The Balaban J connectivity index is 1.57. The number of hydrogen-bond donors (Lipinski definition) is 1. The number of non-ortho nitro benzene ring substituents is 1. The molecule has 3 aromatic rings. The first-order valence-electron chi connectivity index (χ1n) is 8.85. The molecule has 0 unspecified atom stereocenters. The first-order chi connectivity index (χ1) is 14.4. The number of nitro groups is 1. The summed E-state index contributed by atoms with van der Waals surface area (Å²) in [6.45, 7) is 0.661. The molecular weight excluding hydrogens is 410 g/mol. The van der Waals surface area contributed by atoms with Crippen LogP contribution in [0.5, 0.6) is 5.75 Å². The number of carbonyl (C=O) groups is 2. The molecule has 1 N–H and O–H groups in total. The van der Waals surface area contributed by atoms with Gasteiger partial charge in [-0.05, 0) is 29.8 Å². The number of nitrogens with zero attached hydrogens (tertiary/aromatic N) is 2. The van der Waals surface area contributed by atoms with Crippen LogP contribution in [0.15, 0.2) is 41.8 Å². The summed E-state index contributed by atoms with van der Waals surface area (Å²) in [6, 6.07) is 9.19. The lowest BCUT2D eigenvalue weighted by molar-refractivity contribution is -0.384. The number of hydrogen-bond acceptors (Lipinski definition) is 8. The Bertz CT molecular complexity index is 1170. The molecule has 30 heavy (non-hydrogen) atoms. The molecule has 1 aromatic heterocycles. The van der Waals surface area contributed by atoms with E-state index >= 15 is 0 Å². The number of benzene rings is 2. The van der Waals surface area contributed by atoms with Gasteiger partial charge in [0.1, 0.15) is 5.75 Å². The number of fused-ring (bicyclic) bond motifs is 1. The number of aromatic nitrogens is 1. The zero-order valence-corrected chi connectivity index (χ0v) is 16.5. The molecule has 0 spiro atoms. The lowest BCUT2D eigenvalue weighted by atomic mass is 10.1. The van der Waals surface area contributed by atoms with Crippen molar-refractivity contribution in [2.45, 2.75) is 6.42 Å². The normalized spacial score (nSPS) is 12.0. The second kappa shape index (κ2) is 7.91. The number of carbonyl (C=O) groups excluding carboxylic acids is 2. The lowest BCUT2D eigenvalue weighted by Gasteiger charge is -2.05. The fourth-order valence-corrected chi connectivity index (χ4v) is 3.78. The summed E-state index contributed by atoms with van der Waals surface area (Å²) < 4.78 is 10.1. The van der Waals surface area contributed by atoms with Gasteiger partial charge >= 0.3 is 5.97 Å². The quantitative estimate of drug-likeness (QED) is 0.376. The summed E-state index contributed by atoms with van der Waals surface area (Å²) in [4.78, 5) is 39.3. The van der Waals surface area contributed by atoms with Crippen LogP contribution in [-0.4, -0.2) is 35.5 Å². The van der Waals surface area contributed by atoms with Crippen LogP contribution in [-0.2, 0) is 11.2 Å². The van der Waals surface area contributed by atoms with Crippen LogP contribution in [0.3, 0.4) is 0 Å². The monoisotopic (exact) mass is 425 g/mol. The number of anilines is 1. The minimum Gasteiger partial charge on any atom is -0.493 e. The smallest absolute Gasteiger partial charge is 0.338 e. The molecule has 0 atom stereocenters. The van der Waals surface area contributed by atoms with Crippen molar-refractivity contribution in [3.63, 3.8) is 0 Å². The van der Waals surface area contributed by atoms with Gasteiger partial charge in [-0.1, -0.05) is 0 Å². The number of esters is 1. The van der Waals surface area contributed by atoms with Gasteiger partial charge in [-0.3, -0.25) is 20.2 Å². The molecule has 0 bridgehead atoms. The largest absolute Gasteiger partial charge is 0.493 e. The van der Waals surface area contributed by atoms with E-state index in [9.17, 15) is 19.7 Å². The summed E-state index contributed by atoms with van der Waals surface area (Å²) >= 11 is 1.23. The topological polar surface area (TPSA) is 121 Å². The molecule has 0 fully saturated rings. The Labute approximate surface area is 174 Å². The summed E-state index contributed by atoms with van der Waals surface area (Å²) in [6.07, 6.45) is 0.840. The standard InChI is InChI=1S/C20H15N3O6S/c1-28-19(25)14-7-13(8-15(9-14)23(26)27)18(24)22-20-21-16(10-30-20)11-2-3-17-12(6-11)4-5-29-17/h2-3,6-10H,4-5H2,1H3,(H,21,22,24). The average molecular weight is 425 g/mol. The van der Waals surface area contributed by atoms with Crippen molar-refractivity contribution in [1.29, 1.82) is 0 Å². The molecule has 0 saturated heterocycles. The summed E-state index contributed by atoms with van der Waals surface area (Å²) in [5, 5.41) is 15.9.